The fourth-order valence-electron chi connectivity index (χ4n) is 4.94. The molecule has 24 heavy (non-hydrogen) atoms. The van der Waals surface area contributed by atoms with Gasteiger partial charge in [-0.15, -0.1) is 0 Å². The van der Waals surface area contributed by atoms with Gasteiger partial charge in [0.1, 0.15) is 0 Å². The minimum absolute atomic E-state index is 0.860. The molecule has 1 aromatic carbocycles. The summed E-state index contributed by atoms with van der Waals surface area (Å²) in [7, 11) is 0. The monoisotopic (exact) mass is 323 g/mol. The average Bonchev–Trinajstić information content (AvgIpc) is 3.26. The first-order valence-electron chi connectivity index (χ1n) is 9.64. The fourth-order valence-corrected chi connectivity index (χ4v) is 4.94. The molecule has 1 saturated heterocycles. The normalized spacial score (nSPS) is 27.2. The molecule has 4 rings (SSSR count). The van der Waals surface area contributed by atoms with Gasteiger partial charge in [-0.2, -0.15) is 0 Å². The smallest absolute Gasteiger partial charge is 0.0921 e. The Kier molecular flexibility index (Phi) is 4.98. The Bertz CT molecular complexity index is 607. The second-order valence-electron chi connectivity index (χ2n) is 7.70. The van der Waals surface area contributed by atoms with Gasteiger partial charge >= 0.3 is 0 Å². The summed E-state index contributed by atoms with van der Waals surface area (Å²) in [5, 5.41) is 0. The SMILES string of the molecule is c1ccc(C[C@@H]2CC[C@H]3[C@H](CCN3CCCc3cnc[nH]3)C2)cc1. The molecule has 2 aromatic rings. The van der Waals surface area contributed by atoms with Crippen molar-refractivity contribution in [3.8, 4) is 0 Å². The van der Waals surface area contributed by atoms with Crippen LogP contribution in [0.4, 0.5) is 0 Å². The molecule has 2 aliphatic rings. The zero-order chi connectivity index (χ0) is 16.2. The van der Waals surface area contributed by atoms with Crippen LogP contribution in [0.25, 0.3) is 0 Å². The van der Waals surface area contributed by atoms with Crippen molar-refractivity contribution in [3.05, 3.63) is 54.1 Å². The Morgan fingerprint density at radius 3 is 2.88 bits per heavy atom. The number of nitrogens with one attached hydrogen (secondary N) is 1. The largest absolute Gasteiger partial charge is 0.348 e. The van der Waals surface area contributed by atoms with Crippen molar-refractivity contribution in [2.75, 3.05) is 13.1 Å². The Morgan fingerprint density at radius 2 is 2.04 bits per heavy atom. The van der Waals surface area contributed by atoms with Gasteiger partial charge in [0.15, 0.2) is 0 Å². The van der Waals surface area contributed by atoms with Gasteiger partial charge in [0.25, 0.3) is 0 Å². The summed E-state index contributed by atoms with van der Waals surface area (Å²) < 4.78 is 0. The van der Waals surface area contributed by atoms with Gasteiger partial charge in [0, 0.05) is 17.9 Å². The van der Waals surface area contributed by atoms with Crippen LogP contribution in [0.1, 0.15) is 43.4 Å². The van der Waals surface area contributed by atoms with Crippen LogP contribution in [0.3, 0.4) is 0 Å². The molecule has 1 saturated carbocycles. The number of aromatic amines is 1. The van der Waals surface area contributed by atoms with Gasteiger partial charge in [-0.25, -0.2) is 4.98 Å². The summed E-state index contributed by atoms with van der Waals surface area (Å²) >= 11 is 0. The minimum atomic E-state index is 0.860. The van der Waals surface area contributed by atoms with Crippen LogP contribution in [0.5, 0.6) is 0 Å². The molecule has 2 fully saturated rings. The van der Waals surface area contributed by atoms with E-state index in [1.165, 1.54) is 62.9 Å². The maximum absolute atomic E-state index is 4.11. The van der Waals surface area contributed by atoms with Crippen molar-refractivity contribution in [1.29, 1.82) is 0 Å². The van der Waals surface area contributed by atoms with Crippen molar-refractivity contribution in [1.82, 2.24) is 14.9 Å². The first kappa shape index (κ1) is 15.9. The molecule has 1 aliphatic carbocycles. The molecule has 1 aliphatic heterocycles. The molecule has 0 radical (unpaired) electrons. The lowest BCUT2D eigenvalue weighted by Crippen LogP contribution is -2.37. The third kappa shape index (κ3) is 3.72. The number of aryl methyl sites for hydroxylation is 1. The van der Waals surface area contributed by atoms with Gasteiger partial charge in [-0.1, -0.05) is 30.3 Å². The molecule has 1 aromatic heterocycles. The number of H-pyrrole nitrogens is 1. The van der Waals surface area contributed by atoms with E-state index in [0.29, 0.717) is 0 Å². The molecule has 3 atom stereocenters. The van der Waals surface area contributed by atoms with Crippen LogP contribution in [0.15, 0.2) is 42.9 Å². The van der Waals surface area contributed by atoms with E-state index in [1.807, 2.05) is 6.20 Å². The Hall–Kier alpha value is -1.61. The van der Waals surface area contributed by atoms with Gasteiger partial charge in [0.2, 0.25) is 0 Å². The molecule has 3 nitrogen and oxygen atoms in total. The van der Waals surface area contributed by atoms with Gasteiger partial charge in [-0.05, 0) is 75.4 Å². The predicted molar refractivity (Wildman–Crippen MR) is 97.9 cm³/mol. The lowest BCUT2D eigenvalue weighted by Gasteiger charge is -2.36. The molecular weight excluding hydrogens is 294 g/mol. The third-order valence-electron chi connectivity index (χ3n) is 6.12. The summed E-state index contributed by atoms with van der Waals surface area (Å²) in [4.78, 5) is 10.1. The average molecular weight is 323 g/mol. The Morgan fingerprint density at radius 1 is 1.12 bits per heavy atom. The van der Waals surface area contributed by atoms with Crippen LogP contribution in [-0.4, -0.2) is 34.0 Å². The molecule has 0 spiro atoms. The summed E-state index contributed by atoms with van der Waals surface area (Å²) in [6.07, 6.45) is 13.1. The zero-order valence-corrected chi connectivity index (χ0v) is 14.5. The van der Waals surface area contributed by atoms with E-state index < -0.39 is 0 Å². The summed E-state index contributed by atoms with van der Waals surface area (Å²) in [6, 6.07) is 11.9. The highest BCUT2D eigenvalue weighted by atomic mass is 15.2. The molecule has 128 valence electrons. The van der Waals surface area contributed by atoms with E-state index in [-0.39, 0.29) is 0 Å². The van der Waals surface area contributed by atoms with E-state index >= 15 is 0 Å². The van der Waals surface area contributed by atoms with E-state index in [1.54, 1.807) is 6.33 Å². The van der Waals surface area contributed by atoms with Crippen LogP contribution in [0.2, 0.25) is 0 Å². The van der Waals surface area contributed by atoms with E-state index in [9.17, 15) is 0 Å². The van der Waals surface area contributed by atoms with Gasteiger partial charge in [0.05, 0.1) is 6.33 Å². The molecular formula is C21H29N3. The van der Waals surface area contributed by atoms with E-state index in [2.05, 4.69) is 45.2 Å². The molecule has 0 bridgehead atoms. The Balaban J connectivity index is 1.25. The van der Waals surface area contributed by atoms with Crippen LogP contribution in [-0.2, 0) is 12.8 Å². The van der Waals surface area contributed by atoms with Crippen molar-refractivity contribution in [2.24, 2.45) is 11.8 Å². The number of fused-ring (bicyclic) bond motifs is 1. The maximum Gasteiger partial charge on any atom is 0.0921 e. The number of imidazole rings is 1. The predicted octanol–water partition coefficient (Wildman–Crippen LogP) is 4.08. The van der Waals surface area contributed by atoms with E-state index in [0.717, 1.165) is 24.3 Å². The molecule has 3 heteroatoms. The number of hydrogen-bond acceptors (Lipinski definition) is 2. The maximum atomic E-state index is 4.11. The summed E-state index contributed by atoms with van der Waals surface area (Å²) in [6.45, 7) is 2.57. The highest BCUT2D eigenvalue weighted by Gasteiger charge is 2.38. The topological polar surface area (TPSA) is 31.9 Å². The number of benzene rings is 1. The van der Waals surface area contributed by atoms with Crippen LogP contribution in [0, 0.1) is 11.8 Å². The summed E-state index contributed by atoms with van der Waals surface area (Å²) in [5.41, 5.74) is 2.80. The highest BCUT2D eigenvalue weighted by Crippen LogP contribution is 2.40. The second-order valence-corrected chi connectivity index (χ2v) is 7.70. The standard InChI is InChI=1S/C21H29N3/c1-2-5-17(6-3-1)13-18-8-9-21-19(14-18)10-12-24(21)11-4-7-20-15-22-16-23-20/h1-3,5-6,15-16,18-19,21H,4,7-14H2,(H,22,23)/t18-,19+,21-/m0/s1. The molecule has 0 unspecified atom stereocenters. The Labute approximate surface area is 145 Å². The van der Waals surface area contributed by atoms with Crippen molar-refractivity contribution in [2.45, 2.75) is 51.0 Å². The van der Waals surface area contributed by atoms with Crippen molar-refractivity contribution in [3.63, 3.8) is 0 Å². The van der Waals surface area contributed by atoms with Gasteiger partial charge in [-0.3, -0.25) is 0 Å². The quantitative estimate of drug-likeness (QED) is 0.869. The first-order chi connectivity index (χ1) is 11.9. The molecule has 1 N–H and O–H groups in total. The van der Waals surface area contributed by atoms with Crippen LogP contribution >= 0.6 is 0 Å². The molecule has 0 amide bonds. The first-order valence-corrected chi connectivity index (χ1v) is 9.64. The number of rotatable bonds is 6. The number of nitrogens with zero attached hydrogens (tertiary/aromatic N) is 2. The lowest BCUT2D eigenvalue weighted by atomic mass is 9.76. The molecule has 2 heterocycles. The summed E-state index contributed by atoms with van der Waals surface area (Å²) in [5.74, 6) is 1.85. The van der Waals surface area contributed by atoms with Gasteiger partial charge < -0.3 is 9.88 Å². The lowest BCUT2D eigenvalue weighted by molar-refractivity contribution is 0.150. The fraction of sp³-hybridized carbons (Fsp3) is 0.571. The zero-order valence-electron chi connectivity index (χ0n) is 14.5. The number of likely N-dealkylation sites (tertiary alicyclic amines) is 1. The van der Waals surface area contributed by atoms with Crippen molar-refractivity contribution >= 4 is 0 Å². The highest BCUT2D eigenvalue weighted by molar-refractivity contribution is 5.15. The van der Waals surface area contributed by atoms with E-state index in [4.69, 9.17) is 0 Å². The minimum Gasteiger partial charge on any atom is -0.348 e. The number of hydrogen-bond donors (Lipinski definition) is 1. The van der Waals surface area contributed by atoms with Crippen LogP contribution < -0.4 is 0 Å². The number of aromatic nitrogens is 2. The van der Waals surface area contributed by atoms with Crippen molar-refractivity contribution < 1.29 is 0 Å². The second kappa shape index (κ2) is 7.52. The third-order valence-corrected chi connectivity index (χ3v) is 6.12.